The molecule has 0 atom stereocenters. The Morgan fingerprint density at radius 1 is 1.35 bits per heavy atom. The van der Waals surface area contributed by atoms with Gasteiger partial charge in [0.15, 0.2) is 10.9 Å². The molecule has 1 aromatic rings. The highest BCUT2D eigenvalue weighted by Gasteiger charge is 2.36. The number of amides is 1. The average molecular weight is 360 g/mol. The second-order valence-electron chi connectivity index (χ2n) is 6.88. The zero-order valence-corrected chi connectivity index (χ0v) is 15.8. The van der Waals surface area contributed by atoms with Crippen LogP contribution in [0.4, 0.5) is 5.13 Å². The number of thiazole rings is 1. The molecule has 130 valence electrons. The molecule has 0 bridgehead atoms. The molecule has 1 aromatic heterocycles. The molecular formula is C16H26ClN3O2S. The number of anilines is 1. The summed E-state index contributed by atoms with van der Waals surface area (Å²) in [4.78, 5) is 29.9. The Kier molecular flexibility index (Phi) is 6.35. The van der Waals surface area contributed by atoms with Gasteiger partial charge in [-0.1, -0.05) is 39.0 Å². The Morgan fingerprint density at radius 2 is 1.96 bits per heavy atom. The molecular weight excluding hydrogens is 334 g/mol. The molecule has 0 unspecified atom stereocenters. The predicted octanol–water partition coefficient (Wildman–Crippen LogP) is 3.42. The molecule has 23 heavy (non-hydrogen) atoms. The number of ketones is 1. The van der Waals surface area contributed by atoms with Gasteiger partial charge in [-0.3, -0.25) is 9.59 Å². The smallest absolute Gasteiger partial charge is 0.233 e. The Balaban J connectivity index is 0.00000264. The number of aromatic nitrogens is 1. The molecule has 1 heterocycles. The fourth-order valence-corrected chi connectivity index (χ4v) is 3.87. The standard InChI is InChI=1S/C16H25N3O2S.ClH/c1-5-16(6-2,9-17)13(21)19-14-18-10-7-15(3,4)8-11(20)12(10)22-14;/h5-9,17H2,1-4H3,(H,18,19,21);1H. The lowest BCUT2D eigenvalue weighted by Crippen LogP contribution is -2.41. The normalized spacial score (nSPS) is 16.5. The molecule has 0 radical (unpaired) electrons. The van der Waals surface area contributed by atoms with Gasteiger partial charge in [-0.05, 0) is 24.7 Å². The molecule has 0 saturated heterocycles. The number of carbonyl (C=O) groups excluding carboxylic acids is 2. The van der Waals surface area contributed by atoms with Gasteiger partial charge >= 0.3 is 0 Å². The number of rotatable bonds is 5. The van der Waals surface area contributed by atoms with Gasteiger partial charge in [0.05, 0.1) is 16.0 Å². The van der Waals surface area contributed by atoms with Gasteiger partial charge < -0.3 is 11.1 Å². The van der Waals surface area contributed by atoms with E-state index in [0.717, 1.165) is 12.1 Å². The number of hydrogen-bond acceptors (Lipinski definition) is 5. The third-order valence-electron chi connectivity index (χ3n) is 4.68. The molecule has 3 N–H and O–H groups in total. The molecule has 0 saturated carbocycles. The lowest BCUT2D eigenvalue weighted by Gasteiger charge is -2.27. The zero-order valence-electron chi connectivity index (χ0n) is 14.2. The van der Waals surface area contributed by atoms with Crippen molar-refractivity contribution >= 4 is 40.6 Å². The fraction of sp³-hybridized carbons (Fsp3) is 0.688. The summed E-state index contributed by atoms with van der Waals surface area (Å²) in [6, 6.07) is 0. The molecule has 0 aromatic carbocycles. The molecule has 1 aliphatic carbocycles. The van der Waals surface area contributed by atoms with Crippen molar-refractivity contribution in [1.82, 2.24) is 4.98 Å². The van der Waals surface area contributed by atoms with E-state index in [4.69, 9.17) is 5.73 Å². The quantitative estimate of drug-likeness (QED) is 0.843. The number of nitrogens with one attached hydrogen (secondary N) is 1. The second-order valence-corrected chi connectivity index (χ2v) is 7.88. The summed E-state index contributed by atoms with van der Waals surface area (Å²) in [7, 11) is 0. The second kappa shape index (κ2) is 7.28. The van der Waals surface area contributed by atoms with Crippen LogP contribution in [0.2, 0.25) is 0 Å². The van der Waals surface area contributed by atoms with Crippen LogP contribution in [0, 0.1) is 10.8 Å². The first-order valence-electron chi connectivity index (χ1n) is 7.81. The summed E-state index contributed by atoms with van der Waals surface area (Å²) in [5, 5.41) is 3.39. The Morgan fingerprint density at radius 3 is 2.48 bits per heavy atom. The molecule has 2 rings (SSSR count). The highest BCUT2D eigenvalue weighted by atomic mass is 35.5. The summed E-state index contributed by atoms with van der Waals surface area (Å²) in [5.74, 6) is 0.0260. The third-order valence-corrected chi connectivity index (χ3v) is 5.74. The fourth-order valence-electron chi connectivity index (χ4n) is 2.96. The maximum atomic E-state index is 12.5. The van der Waals surface area contributed by atoms with E-state index in [1.807, 2.05) is 13.8 Å². The lowest BCUT2D eigenvalue weighted by atomic mass is 9.78. The number of Topliss-reactive ketones (excluding diaryl/α,β-unsaturated/α-hetero) is 1. The van der Waals surface area contributed by atoms with E-state index >= 15 is 0 Å². The van der Waals surface area contributed by atoms with Crippen molar-refractivity contribution in [3.63, 3.8) is 0 Å². The number of fused-ring (bicyclic) bond motifs is 1. The SMILES string of the molecule is CCC(CC)(CN)C(=O)Nc1nc2c(s1)C(=O)CC(C)(C)C2.Cl. The summed E-state index contributed by atoms with van der Waals surface area (Å²) < 4.78 is 0. The first-order chi connectivity index (χ1) is 10.3. The van der Waals surface area contributed by atoms with E-state index in [1.165, 1.54) is 11.3 Å². The van der Waals surface area contributed by atoms with Crippen molar-refractivity contribution in [3.05, 3.63) is 10.6 Å². The summed E-state index contributed by atoms with van der Waals surface area (Å²) in [6.07, 6.45) is 2.67. The Labute approximate surface area is 147 Å². The van der Waals surface area contributed by atoms with Crippen LogP contribution < -0.4 is 11.1 Å². The summed E-state index contributed by atoms with van der Waals surface area (Å²) in [5.41, 5.74) is 6.00. The van der Waals surface area contributed by atoms with Gasteiger partial charge in [0.25, 0.3) is 0 Å². The van der Waals surface area contributed by atoms with Crippen molar-refractivity contribution in [2.24, 2.45) is 16.6 Å². The van der Waals surface area contributed by atoms with Crippen LogP contribution in [0.25, 0.3) is 0 Å². The van der Waals surface area contributed by atoms with Gasteiger partial charge in [0.2, 0.25) is 5.91 Å². The van der Waals surface area contributed by atoms with E-state index in [1.54, 1.807) is 0 Å². The van der Waals surface area contributed by atoms with E-state index in [0.29, 0.717) is 35.8 Å². The van der Waals surface area contributed by atoms with Crippen LogP contribution in [0.1, 0.15) is 62.3 Å². The number of nitrogens with two attached hydrogens (primary N) is 1. The van der Waals surface area contributed by atoms with Gasteiger partial charge in [0, 0.05) is 13.0 Å². The van der Waals surface area contributed by atoms with Crippen molar-refractivity contribution in [2.45, 2.75) is 53.4 Å². The van der Waals surface area contributed by atoms with Crippen LogP contribution in [0.15, 0.2) is 0 Å². The van der Waals surface area contributed by atoms with Crippen molar-refractivity contribution in [2.75, 3.05) is 11.9 Å². The van der Waals surface area contributed by atoms with Gasteiger partial charge in [-0.2, -0.15) is 0 Å². The highest BCUT2D eigenvalue weighted by Crippen LogP contribution is 2.38. The van der Waals surface area contributed by atoms with Gasteiger partial charge in [-0.15, -0.1) is 12.4 Å². The largest absolute Gasteiger partial charge is 0.329 e. The molecule has 7 heteroatoms. The monoisotopic (exact) mass is 359 g/mol. The van der Waals surface area contributed by atoms with Crippen molar-refractivity contribution in [3.8, 4) is 0 Å². The first kappa shape index (κ1) is 20.1. The Hall–Kier alpha value is -0.980. The zero-order chi connectivity index (χ0) is 16.5. The molecule has 1 aliphatic rings. The van der Waals surface area contributed by atoms with Gasteiger partial charge in [0.1, 0.15) is 0 Å². The van der Waals surface area contributed by atoms with Crippen LogP contribution in [-0.4, -0.2) is 23.2 Å². The third kappa shape index (κ3) is 3.92. The maximum Gasteiger partial charge on any atom is 0.233 e. The van der Waals surface area contributed by atoms with Crippen LogP contribution in [-0.2, 0) is 11.2 Å². The maximum absolute atomic E-state index is 12.5. The molecule has 0 fully saturated rings. The van der Waals surface area contributed by atoms with E-state index < -0.39 is 5.41 Å². The minimum absolute atomic E-state index is 0. The summed E-state index contributed by atoms with van der Waals surface area (Å²) in [6.45, 7) is 8.38. The minimum atomic E-state index is -0.560. The number of nitrogens with zero attached hydrogens (tertiary/aromatic N) is 1. The number of halogens is 1. The van der Waals surface area contributed by atoms with E-state index in [9.17, 15) is 9.59 Å². The van der Waals surface area contributed by atoms with E-state index in [2.05, 4.69) is 24.1 Å². The van der Waals surface area contributed by atoms with Crippen LogP contribution in [0.5, 0.6) is 0 Å². The number of hydrogen-bond donors (Lipinski definition) is 2. The first-order valence-corrected chi connectivity index (χ1v) is 8.63. The van der Waals surface area contributed by atoms with E-state index in [-0.39, 0.29) is 29.5 Å². The molecule has 1 amide bonds. The average Bonchev–Trinajstić information content (AvgIpc) is 2.82. The molecule has 0 spiro atoms. The predicted molar refractivity (Wildman–Crippen MR) is 96.5 cm³/mol. The molecule has 0 aliphatic heterocycles. The highest BCUT2D eigenvalue weighted by molar-refractivity contribution is 7.17. The van der Waals surface area contributed by atoms with Crippen LogP contribution in [0.3, 0.4) is 0 Å². The minimum Gasteiger partial charge on any atom is -0.329 e. The van der Waals surface area contributed by atoms with Gasteiger partial charge in [-0.25, -0.2) is 4.98 Å². The molecule has 5 nitrogen and oxygen atoms in total. The van der Waals surface area contributed by atoms with Crippen molar-refractivity contribution < 1.29 is 9.59 Å². The lowest BCUT2D eigenvalue weighted by molar-refractivity contribution is -0.125. The van der Waals surface area contributed by atoms with Crippen LogP contribution >= 0.6 is 23.7 Å². The summed E-state index contributed by atoms with van der Waals surface area (Å²) >= 11 is 1.29. The Bertz CT molecular complexity index is 586. The van der Waals surface area contributed by atoms with Crippen molar-refractivity contribution in [1.29, 1.82) is 0 Å². The topological polar surface area (TPSA) is 85.1 Å². The number of carbonyl (C=O) groups is 2.